The van der Waals surface area contributed by atoms with Crippen LogP contribution < -0.4 is 15.4 Å². The first-order valence-electron chi connectivity index (χ1n) is 7.85. The van der Waals surface area contributed by atoms with Crippen LogP contribution in [0, 0.1) is 11.6 Å². The molecule has 0 aliphatic carbocycles. The smallest absolute Gasteiger partial charge is 0.239 e. The average molecular weight is 381 g/mol. The van der Waals surface area contributed by atoms with Crippen LogP contribution in [0.5, 0.6) is 0 Å². The lowest BCUT2D eigenvalue weighted by molar-refractivity contribution is -0.119. The number of nitrogens with two attached hydrogens (primary N) is 1. The van der Waals surface area contributed by atoms with E-state index in [2.05, 4.69) is 5.32 Å². The highest BCUT2D eigenvalue weighted by molar-refractivity contribution is 7.89. The largest absolute Gasteiger partial charge is 0.362 e. The number of primary sulfonamides is 1. The van der Waals surface area contributed by atoms with E-state index in [4.69, 9.17) is 5.14 Å². The van der Waals surface area contributed by atoms with E-state index in [1.54, 1.807) is 6.07 Å². The highest BCUT2D eigenvalue weighted by Gasteiger charge is 2.23. The monoisotopic (exact) mass is 381 g/mol. The zero-order valence-corrected chi connectivity index (χ0v) is 14.5. The Balaban J connectivity index is 1.63. The number of nitrogens with one attached hydrogen (secondary N) is 1. The molecule has 26 heavy (non-hydrogen) atoms. The quantitative estimate of drug-likeness (QED) is 0.816. The molecule has 138 valence electrons. The molecule has 0 saturated carbocycles. The molecule has 0 aromatic heterocycles. The Kier molecular flexibility index (Phi) is 4.92. The second-order valence-corrected chi connectivity index (χ2v) is 7.62. The molecular formula is C17H17F2N3O3S. The molecule has 2 aromatic carbocycles. The van der Waals surface area contributed by atoms with Crippen molar-refractivity contribution in [1.29, 1.82) is 0 Å². The fraction of sp³-hybridized carbons (Fsp3) is 0.235. The van der Waals surface area contributed by atoms with Gasteiger partial charge < -0.3 is 10.2 Å². The molecule has 2 aromatic rings. The van der Waals surface area contributed by atoms with Gasteiger partial charge in [-0.3, -0.25) is 4.79 Å². The van der Waals surface area contributed by atoms with Crippen molar-refractivity contribution in [2.45, 2.75) is 17.9 Å². The Morgan fingerprint density at radius 3 is 2.50 bits per heavy atom. The average Bonchev–Trinajstić information content (AvgIpc) is 2.93. The standard InChI is InChI=1S/C17H17F2N3O3S/c18-13-5-11(6-14(19)8-13)9-21-17(23)10-22-4-3-12-7-15(26(20,24)25)1-2-16(12)22/h1-2,5-8H,3-4,9-10H2,(H,21,23)(H2,20,24,25). The van der Waals surface area contributed by atoms with E-state index in [1.807, 2.05) is 4.90 Å². The van der Waals surface area contributed by atoms with Crippen molar-refractivity contribution in [3.63, 3.8) is 0 Å². The fourth-order valence-electron chi connectivity index (χ4n) is 2.93. The predicted octanol–water partition coefficient (Wildman–Crippen LogP) is 1.29. The third-order valence-electron chi connectivity index (χ3n) is 4.12. The summed E-state index contributed by atoms with van der Waals surface area (Å²) in [6.07, 6.45) is 0.598. The molecular weight excluding hydrogens is 364 g/mol. The number of hydrogen-bond donors (Lipinski definition) is 2. The zero-order chi connectivity index (χ0) is 18.9. The molecule has 0 radical (unpaired) electrons. The van der Waals surface area contributed by atoms with Crippen LogP contribution in [-0.4, -0.2) is 27.4 Å². The molecule has 1 aliphatic heterocycles. The minimum absolute atomic E-state index is 0.0125. The molecule has 0 atom stereocenters. The summed E-state index contributed by atoms with van der Waals surface area (Å²) in [5.41, 5.74) is 1.90. The van der Waals surface area contributed by atoms with E-state index in [1.165, 1.54) is 12.1 Å². The first-order valence-corrected chi connectivity index (χ1v) is 9.39. The van der Waals surface area contributed by atoms with Crippen molar-refractivity contribution in [2.75, 3.05) is 18.0 Å². The van der Waals surface area contributed by atoms with Gasteiger partial charge in [0.1, 0.15) is 11.6 Å². The van der Waals surface area contributed by atoms with E-state index in [0.29, 0.717) is 18.5 Å². The van der Waals surface area contributed by atoms with Gasteiger partial charge in [-0.15, -0.1) is 0 Å². The lowest BCUT2D eigenvalue weighted by Crippen LogP contribution is -2.36. The Hall–Kier alpha value is -2.52. The van der Waals surface area contributed by atoms with Gasteiger partial charge >= 0.3 is 0 Å². The second kappa shape index (κ2) is 7.00. The van der Waals surface area contributed by atoms with Gasteiger partial charge in [0.05, 0.1) is 11.4 Å². The molecule has 1 heterocycles. The molecule has 6 nitrogen and oxygen atoms in total. The molecule has 0 spiro atoms. The number of carbonyl (C=O) groups excluding carboxylic acids is 1. The van der Waals surface area contributed by atoms with E-state index in [-0.39, 0.29) is 23.9 Å². The molecule has 0 bridgehead atoms. The molecule has 0 saturated heterocycles. The Morgan fingerprint density at radius 2 is 1.85 bits per heavy atom. The van der Waals surface area contributed by atoms with Crippen LogP contribution >= 0.6 is 0 Å². The van der Waals surface area contributed by atoms with Crippen molar-refractivity contribution >= 4 is 21.6 Å². The van der Waals surface area contributed by atoms with E-state index >= 15 is 0 Å². The van der Waals surface area contributed by atoms with Gasteiger partial charge in [0, 0.05) is 24.8 Å². The first kappa shape index (κ1) is 18.3. The Bertz CT molecular complexity index is 943. The number of rotatable bonds is 5. The fourth-order valence-corrected chi connectivity index (χ4v) is 3.49. The minimum atomic E-state index is -3.77. The van der Waals surface area contributed by atoms with Gasteiger partial charge in [0.25, 0.3) is 0 Å². The van der Waals surface area contributed by atoms with Crippen LogP contribution in [0.2, 0.25) is 0 Å². The van der Waals surface area contributed by atoms with E-state index in [9.17, 15) is 22.0 Å². The first-order chi connectivity index (χ1) is 12.2. The maximum atomic E-state index is 13.1. The van der Waals surface area contributed by atoms with Crippen molar-refractivity contribution < 1.29 is 22.0 Å². The number of hydrogen-bond acceptors (Lipinski definition) is 4. The number of fused-ring (bicyclic) bond motifs is 1. The number of halogens is 2. The van der Waals surface area contributed by atoms with Crippen LogP contribution in [0.1, 0.15) is 11.1 Å². The van der Waals surface area contributed by atoms with Gasteiger partial charge in [0.15, 0.2) is 0 Å². The number of amides is 1. The third-order valence-corrected chi connectivity index (χ3v) is 5.03. The van der Waals surface area contributed by atoms with Crippen molar-refractivity contribution in [3.8, 4) is 0 Å². The zero-order valence-electron chi connectivity index (χ0n) is 13.7. The highest BCUT2D eigenvalue weighted by atomic mass is 32.2. The molecule has 1 aliphatic rings. The van der Waals surface area contributed by atoms with Crippen LogP contribution in [0.15, 0.2) is 41.3 Å². The number of sulfonamides is 1. The number of carbonyl (C=O) groups is 1. The molecule has 1 amide bonds. The van der Waals surface area contributed by atoms with Gasteiger partial charge in [0.2, 0.25) is 15.9 Å². The van der Waals surface area contributed by atoms with Crippen LogP contribution in [0.4, 0.5) is 14.5 Å². The summed E-state index contributed by atoms with van der Waals surface area (Å²) in [6.45, 7) is 0.628. The minimum Gasteiger partial charge on any atom is -0.362 e. The maximum absolute atomic E-state index is 13.1. The summed E-state index contributed by atoms with van der Waals surface area (Å²) in [7, 11) is -3.77. The Labute approximate surface area is 149 Å². The summed E-state index contributed by atoms with van der Waals surface area (Å²) in [5.74, 6) is -1.71. The summed E-state index contributed by atoms with van der Waals surface area (Å²) >= 11 is 0. The summed E-state index contributed by atoms with van der Waals surface area (Å²) in [5, 5.41) is 7.74. The van der Waals surface area contributed by atoms with Crippen molar-refractivity contribution in [3.05, 3.63) is 59.2 Å². The normalized spacial score (nSPS) is 13.6. The van der Waals surface area contributed by atoms with E-state index < -0.39 is 21.7 Å². The van der Waals surface area contributed by atoms with Crippen LogP contribution in [0.3, 0.4) is 0 Å². The molecule has 3 N–H and O–H groups in total. The lowest BCUT2D eigenvalue weighted by Gasteiger charge is -2.19. The number of anilines is 1. The summed E-state index contributed by atoms with van der Waals surface area (Å²) in [6, 6.07) is 7.62. The van der Waals surface area contributed by atoms with Gasteiger partial charge in [-0.05, 0) is 47.9 Å². The third kappa shape index (κ3) is 4.17. The van der Waals surface area contributed by atoms with Crippen molar-refractivity contribution in [1.82, 2.24) is 5.32 Å². The van der Waals surface area contributed by atoms with Crippen LogP contribution in [0.25, 0.3) is 0 Å². The van der Waals surface area contributed by atoms with Crippen LogP contribution in [-0.2, 0) is 27.8 Å². The van der Waals surface area contributed by atoms with Crippen molar-refractivity contribution in [2.24, 2.45) is 5.14 Å². The molecule has 0 unspecified atom stereocenters. The molecule has 3 rings (SSSR count). The lowest BCUT2D eigenvalue weighted by atomic mass is 10.2. The number of benzene rings is 2. The second-order valence-electron chi connectivity index (χ2n) is 6.06. The van der Waals surface area contributed by atoms with Gasteiger partial charge in [-0.2, -0.15) is 0 Å². The summed E-state index contributed by atoms with van der Waals surface area (Å²) < 4.78 is 49.1. The van der Waals surface area contributed by atoms with Gasteiger partial charge in [-0.1, -0.05) is 0 Å². The Morgan fingerprint density at radius 1 is 1.15 bits per heavy atom. The SMILES string of the molecule is NS(=O)(=O)c1ccc2c(c1)CCN2CC(=O)NCc1cc(F)cc(F)c1. The highest BCUT2D eigenvalue weighted by Crippen LogP contribution is 2.29. The number of nitrogens with zero attached hydrogens (tertiary/aromatic N) is 1. The molecule has 9 heteroatoms. The van der Waals surface area contributed by atoms with E-state index in [0.717, 1.165) is 29.4 Å². The molecule has 0 fully saturated rings. The maximum Gasteiger partial charge on any atom is 0.239 e. The predicted molar refractivity (Wildman–Crippen MR) is 91.9 cm³/mol. The topological polar surface area (TPSA) is 92.5 Å². The van der Waals surface area contributed by atoms with Gasteiger partial charge in [-0.25, -0.2) is 22.3 Å². The summed E-state index contributed by atoms with van der Waals surface area (Å²) in [4.78, 5) is 14.0.